The highest BCUT2D eigenvalue weighted by Gasteiger charge is 2.19. The minimum absolute atomic E-state index is 0.0146. The van der Waals surface area contributed by atoms with Crippen LogP contribution in [0.15, 0.2) is 42.5 Å². The monoisotopic (exact) mass is 271 g/mol. The molecule has 6 heteroatoms. The van der Waals surface area contributed by atoms with E-state index in [2.05, 4.69) is 5.32 Å². The van der Waals surface area contributed by atoms with Gasteiger partial charge in [-0.15, -0.1) is 0 Å². The molecule has 20 heavy (non-hydrogen) atoms. The molecular formula is C14H10FN3O2. The average molecular weight is 271 g/mol. The first-order valence-electron chi connectivity index (χ1n) is 5.77. The molecule has 0 aliphatic carbocycles. The molecule has 0 heterocycles. The van der Waals surface area contributed by atoms with Gasteiger partial charge in [0.25, 0.3) is 0 Å². The van der Waals surface area contributed by atoms with E-state index in [1.807, 2.05) is 0 Å². The molecule has 2 aromatic rings. The first kappa shape index (κ1) is 13.5. The Balaban J connectivity index is 2.26. The summed E-state index contributed by atoms with van der Waals surface area (Å²) < 4.78 is 13.0. The zero-order valence-electron chi connectivity index (χ0n) is 10.3. The Morgan fingerprint density at radius 2 is 2.05 bits per heavy atom. The summed E-state index contributed by atoms with van der Waals surface area (Å²) in [5.74, 6) is -0.371. The van der Waals surface area contributed by atoms with Gasteiger partial charge in [0.05, 0.1) is 4.92 Å². The highest BCUT2D eigenvalue weighted by molar-refractivity contribution is 5.68. The van der Waals surface area contributed by atoms with Gasteiger partial charge < -0.3 is 5.32 Å². The molecule has 0 aromatic heterocycles. The van der Waals surface area contributed by atoms with Crippen molar-refractivity contribution in [2.24, 2.45) is 0 Å². The van der Waals surface area contributed by atoms with Crippen LogP contribution in [0, 0.1) is 27.3 Å². The minimum atomic E-state index is -0.605. The number of benzene rings is 2. The van der Waals surface area contributed by atoms with Crippen molar-refractivity contribution >= 4 is 11.4 Å². The van der Waals surface area contributed by atoms with E-state index in [0.29, 0.717) is 5.56 Å². The first-order chi connectivity index (χ1) is 9.61. The van der Waals surface area contributed by atoms with E-state index in [9.17, 15) is 14.5 Å². The number of rotatable bonds is 4. The SMILES string of the molecule is N#Cc1cccc(NCc2cccc(F)c2)c1[N+](=O)[O-]. The maximum Gasteiger partial charge on any atom is 0.309 e. The Hall–Kier alpha value is -2.94. The molecule has 2 rings (SSSR count). The molecule has 0 fully saturated rings. The molecule has 2 aromatic carbocycles. The van der Waals surface area contributed by atoms with Gasteiger partial charge in [0.1, 0.15) is 23.1 Å². The number of nitrogens with zero attached hydrogens (tertiary/aromatic N) is 2. The lowest BCUT2D eigenvalue weighted by molar-refractivity contribution is -0.384. The highest BCUT2D eigenvalue weighted by atomic mass is 19.1. The van der Waals surface area contributed by atoms with Gasteiger partial charge in [-0.2, -0.15) is 5.26 Å². The molecular weight excluding hydrogens is 261 g/mol. The minimum Gasteiger partial charge on any atom is -0.375 e. The largest absolute Gasteiger partial charge is 0.375 e. The maximum absolute atomic E-state index is 13.0. The van der Waals surface area contributed by atoms with E-state index in [1.165, 1.54) is 24.3 Å². The fourth-order valence-electron chi connectivity index (χ4n) is 1.82. The highest BCUT2D eigenvalue weighted by Crippen LogP contribution is 2.28. The normalized spacial score (nSPS) is 9.80. The molecule has 1 N–H and O–H groups in total. The van der Waals surface area contributed by atoms with Crippen LogP contribution < -0.4 is 5.32 Å². The van der Waals surface area contributed by atoms with Crippen LogP contribution in [0.5, 0.6) is 0 Å². The lowest BCUT2D eigenvalue weighted by Crippen LogP contribution is -2.04. The molecule has 0 saturated carbocycles. The summed E-state index contributed by atoms with van der Waals surface area (Å²) in [6.45, 7) is 0.230. The fraction of sp³-hybridized carbons (Fsp3) is 0.0714. The standard InChI is InChI=1S/C14H10FN3O2/c15-12-5-1-3-10(7-12)9-17-13-6-2-4-11(8-16)14(13)18(19)20/h1-7,17H,9H2. The molecule has 0 unspecified atom stereocenters. The Morgan fingerprint density at radius 1 is 1.30 bits per heavy atom. The summed E-state index contributed by atoms with van der Waals surface area (Å²) >= 11 is 0. The number of para-hydroxylation sites is 1. The van der Waals surface area contributed by atoms with Crippen LogP contribution in [0.1, 0.15) is 11.1 Å². The van der Waals surface area contributed by atoms with Gasteiger partial charge in [-0.1, -0.05) is 18.2 Å². The molecule has 0 radical (unpaired) electrons. The number of nitro groups is 1. The van der Waals surface area contributed by atoms with E-state index < -0.39 is 4.92 Å². The van der Waals surface area contributed by atoms with E-state index >= 15 is 0 Å². The molecule has 0 bridgehead atoms. The van der Waals surface area contributed by atoms with Crippen molar-refractivity contribution in [1.82, 2.24) is 0 Å². The summed E-state index contributed by atoms with van der Waals surface area (Å²) in [6.07, 6.45) is 0. The second kappa shape index (κ2) is 5.80. The van der Waals surface area contributed by atoms with Gasteiger partial charge in [0.2, 0.25) is 0 Å². The van der Waals surface area contributed by atoms with Crippen LogP contribution >= 0.6 is 0 Å². The van der Waals surface area contributed by atoms with Gasteiger partial charge in [0.15, 0.2) is 0 Å². The maximum atomic E-state index is 13.0. The van der Waals surface area contributed by atoms with Crippen LogP contribution in [-0.4, -0.2) is 4.92 Å². The van der Waals surface area contributed by atoms with E-state index in [1.54, 1.807) is 24.3 Å². The molecule has 0 atom stereocenters. The van der Waals surface area contributed by atoms with Crippen molar-refractivity contribution in [1.29, 1.82) is 5.26 Å². The second-order valence-corrected chi connectivity index (χ2v) is 4.05. The Labute approximate surface area is 114 Å². The third kappa shape index (κ3) is 2.90. The molecule has 100 valence electrons. The van der Waals surface area contributed by atoms with Crippen molar-refractivity contribution in [3.63, 3.8) is 0 Å². The van der Waals surface area contributed by atoms with Gasteiger partial charge >= 0.3 is 5.69 Å². The zero-order valence-corrected chi connectivity index (χ0v) is 10.3. The van der Waals surface area contributed by atoms with Crippen LogP contribution in [0.25, 0.3) is 0 Å². The number of nitriles is 1. The number of nitrogens with one attached hydrogen (secondary N) is 1. The second-order valence-electron chi connectivity index (χ2n) is 4.05. The van der Waals surface area contributed by atoms with Gasteiger partial charge in [0, 0.05) is 6.54 Å². The summed E-state index contributed by atoms with van der Waals surface area (Å²) in [6, 6.07) is 12.2. The molecule has 0 spiro atoms. The van der Waals surface area contributed by atoms with Crippen molar-refractivity contribution in [2.45, 2.75) is 6.54 Å². The third-order valence-electron chi connectivity index (χ3n) is 2.71. The Kier molecular flexibility index (Phi) is 3.91. The predicted molar refractivity (Wildman–Crippen MR) is 71.5 cm³/mol. The molecule has 0 amide bonds. The predicted octanol–water partition coefficient (Wildman–Crippen LogP) is 3.22. The molecule has 5 nitrogen and oxygen atoms in total. The lowest BCUT2D eigenvalue weighted by atomic mass is 10.1. The van der Waals surface area contributed by atoms with Gasteiger partial charge in [-0.05, 0) is 29.8 Å². The smallest absolute Gasteiger partial charge is 0.309 e. The topological polar surface area (TPSA) is 79.0 Å². The van der Waals surface area contributed by atoms with E-state index in [-0.39, 0.29) is 29.3 Å². The summed E-state index contributed by atoms with van der Waals surface area (Å²) in [4.78, 5) is 10.4. The number of hydrogen-bond donors (Lipinski definition) is 1. The zero-order chi connectivity index (χ0) is 14.5. The molecule has 0 aliphatic heterocycles. The fourth-order valence-corrected chi connectivity index (χ4v) is 1.82. The van der Waals surface area contributed by atoms with Crippen molar-refractivity contribution in [2.75, 3.05) is 5.32 Å². The van der Waals surface area contributed by atoms with E-state index in [0.717, 1.165) is 0 Å². The summed E-state index contributed by atoms with van der Waals surface area (Å²) in [5.41, 5.74) is 0.602. The number of hydrogen-bond acceptors (Lipinski definition) is 4. The third-order valence-corrected chi connectivity index (χ3v) is 2.71. The number of anilines is 1. The van der Waals surface area contributed by atoms with Gasteiger partial charge in [-0.3, -0.25) is 10.1 Å². The van der Waals surface area contributed by atoms with Crippen LogP contribution in [0.3, 0.4) is 0 Å². The summed E-state index contributed by atoms with van der Waals surface area (Å²) in [5, 5.41) is 22.8. The van der Waals surface area contributed by atoms with Crippen LogP contribution in [-0.2, 0) is 6.54 Å². The van der Waals surface area contributed by atoms with Crippen molar-refractivity contribution < 1.29 is 9.31 Å². The Bertz CT molecular complexity index is 695. The molecule has 0 saturated heterocycles. The molecule has 0 aliphatic rings. The Morgan fingerprint density at radius 3 is 2.70 bits per heavy atom. The first-order valence-corrected chi connectivity index (χ1v) is 5.77. The number of nitro benzene ring substituents is 1. The lowest BCUT2D eigenvalue weighted by Gasteiger charge is -2.08. The average Bonchev–Trinajstić information content (AvgIpc) is 2.44. The van der Waals surface area contributed by atoms with Crippen molar-refractivity contribution in [3.05, 3.63) is 69.5 Å². The van der Waals surface area contributed by atoms with E-state index in [4.69, 9.17) is 5.26 Å². The van der Waals surface area contributed by atoms with Crippen molar-refractivity contribution in [3.8, 4) is 6.07 Å². The van der Waals surface area contributed by atoms with Gasteiger partial charge in [-0.25, -0.2) is 4.39 Å². The van der Waals surface area contributed by atoms with Crippen LogP contribution in [0.2, 0.25) is 0 Å². The number of halogens is 1. The van der Waals surface area contributed by atoms with Crippen LogP contribution in [0.4, 0.5) is 15.8 Å². The summed E-state index contributed by atoms with van der Waals surface area (Å²) in [7, 11) is 0. The quantitative estimate of drug-likeness (QED) is 0.684.